The summed E-state index contributed by atoms with van der Waals surface area (Å²) < 4.78 is 0. The Kier molecular flexibility index (Phi) is 4.75. The minimum absolute atomic E-state index is 0.371. The van der Waals surface area contributed by atoms with E-state index >= 15 is 0 Å². The Morgan fingerprint density at radius 3 is 1.53 bits per heavy atom. The SMILES string of the molecule is [C-]#[N+]c1ccc(Nc2ccc(C3(c4ccccc4)c4ccccc4-c4ccccc43)cc2)cc1. The third-order valence-electron chi connectivity index (χ3n) is 6.76. The van der Waals surface area contributed by atoms with Crippen LogP contribution in [0.4, 0.5) is 17.1 Å². The number of hydrogen-bond donors (Lipinski definition) is 1. The number of benzene rings is 5. The van der Waals surface area contributed by atoms with Gasteiger partial charge in [-0.25, -0.2) is 4.85 Å². The maximum atomic E-state index is 7.14. The molecular weight excluding hydrogens is 412 g/mol. The van der Waals surface area contributed by atoms with Gasteiger partial charge in [-0.15, -0.1) is 0 Å². The Morgan fingerprint density at radius 1 is 0.500 bits per heavy atom. The second-order valence-electron chi connectivity index (χ2n) is 8.57. The molecule has 0 amide bonds. The fourth-order valence-corrected chi connectivity index (χ4v) is 5.30. The molecule has 0 fully saturated rings. The van der Waals surface area contributed by atoms with Crippen LogP contribution in [0.3, 0.4) is 0 Å². The van der Waals surface area contributed by atoms with Crippen molar-refractivity contribution >= 4 is 17.1 Å². The summed E-state index contributed by atoms with van der Waals surface area (Å²) in [6.07, 6.45) is 0. The number of nitrogens with zero attached hydrogens (tertiary/aromatic N) is 1. The van der Waals surface area contributed by atoms with Gasteiger partial charge in [0.15, 0.2) is 5.69 Å². The van der Waals surface area contributed by atoms with Gasteiger partial charge in [0, 0.05) is 11.4 Å². The van der Waals surface area contributed by atoms with Crippen molar-refractivity contribution in [2.24, 2.45) is 0 Å². The van der Waals surface area contributed by atoms with Crippen LogP contribution in [0.1, 0.15) is 22.3 Å². The van der Waals surface area contributed by atoms with E-state index in [0.717, 1.165) is 11.4 Å². The molecule has 0 bridgehead atoms. The van der Waals surface area contributed by atoms with E-state index in [0.29, 0.717) is 5.69 Å². The first-order valence-corrected chi connectivity index (χ1v) is 11.4. The molecule has 1 N–H and O–H groups in total. The predicted octanol–water partition coefficient (Wildman–Crippen LogP) is 8.34. The van der Waals surface area contributed by atoms with Gasteiger partial charge in [0.2, 0.25) is 0 Å². The molecule has 0 unspecified atom stereocenters. The van der Waals surface area contributed by atoms with E-state index < -0.39 is 0 Å². The normalized spacial score (nSPS) is 12.9. The molecule has 0 radical (unpaired) electrons. The minimum Gasteiger partial charge on any atom is -0.356 e. The third-order valence-corrected chi connectivity index (χ3v) is 6.76. The molecule has 5 aromatic carbocycles. The molecule has 0 atom stereocenters. The van der Waals surface area contributed by atoms with E-state index in [1.165, 1.54) is 33.4 Å². The first-order valence-electron chi connectivity index (χ1n) is 11.4. The molecule has 0 heterocycles. The van der Waals surface area contributed by atoms with Crippen LogP contribution in [0, 0.1) is 6.57 Å². The van der Waals surface area contributed by atoms with Gasteiger partial charge in [0.25, 0.3) is 0 Å². The van der Waals surface area contributed by atoms with Crippen LogP contribution in [0.25, 0.3) is 16.0 Å². The fraction of sp³-hybridized carbons (Fsp3) is 0.0312. The lowest BCUT2D eigenvalue weighted by Gasteiger charge is -2.34. The molecular formula is C32H22N2. The highest BCUT2D eigenvalue weighted by molar-refractivity contribution is 5.86. The first-order chi connectivity index (χ1) is 16.8. The summed E-state index contributed by atoms with van der Waals surface area (Å²) in [6, 6.07) is 44.7. The zero-order valence-electron chi connectivity index (χ0n) is 18.6. The molecule has 0 saturated heterocycles. The van der Waals surface area contributed by atoms with Crippen LogP contribution in [0.15, 0.2) is 127 Å². The average Bonchev–Trinajstić information content (AvgIpc) is 3.21. The minimum atomic E-state index is -0.371. The maximum absolute atomic E-state index is 7.14. The number of anilines is 2. The summed E-state index contributed by atoms with van der Waals surface area (Å²) >= 11 is 0. The van der Waals surface area contributed by atoms with Crippen molar-refractivity contribution < 1.29 is 0 Å². The van der Waals surface area contributed by atoms with Crippen molar-refractivity contribution in [3.63, 3.8) is 0 Å². The lowest BCUT2D eigenvalue weighted by Crippen LogP contribution is -2.28. The number of hydrogen-bond acceptors (Lipinski definition) is 1. The van der Waals surface area contributed by atoms with Crippen LogP contribution < -0.4 is 5.32 Å². The highest BCUT2D eigenvalue weighted by Crippen LogP contribution is 2.55. The molecule has 0 aromatic heterocycles. The van der Waals surface area contributed by atoms with Gasteiger partial charge in [-0.2, -0.15) is 0 Å². The van der Waals surface area contributed by atoms with Crippen molar-refractivity contribution in [2.75, 3.05) is 5.32 Å². The molecule has 2 nitrogen and oxygen atoms in total. The smallest absolute Gasteiger partial charge is 0.187 e. The van der Waals surface area contributed by atoms with Gasteiger partial charge >= 0.3 is 0 Å². The quantitative estimate of drug-likeness (QED) is 0.276. The fourth-order valence-electron chi connectivity index (χ4n) is 5.30. The lowest BCUT2D eigenvalue weighted by molar-refractivity contribution is 0.768. The standard InChI is InChI=1S/C32H22N2/c1-33-25-19-21-27(22-20-25)34-26-17-15-24(16-18-26)32(23-9-3-2-4-10-23)30-13-7-5-11-28(30)29-12-6-8-14-31(29)32/h2-22,34H. The Bertz CT molecular complexity index is 1460. The summed E-state index contributed by atoms with van der Waals surface area (Å²) in [5, 5.41) is 3.46. The summed E-state index contributed by atoms with van der Waals surface area (Å²) in [7, 11) is 0. The Morgan fingerprint density at radius 2 is 0.971 bits per heavy atom. The van der Waals surface area contributed by atoms with Crippen LogP contribution in [0.5, 0.6) is 0 Å². The van der Waals surface area contributed by atoms with E-state index in [9.17, 15) is 0 Å². The number of fused-ring (bicyclic) bond motifs is 3. The van der Waals surface area contributed by atoms with Crippen LogP contribution in [0.2, 0.25) is 0 Å². The molecule has 160 valence electrons. The largest absolute Gasteiger partial charge is 0.356 e. The zero-order chi connectivity index (χ0) is 23.0. The Balaban J connectivity index is 1.51. The molecule has 2 heteroatoms. The highest BCUT2D eigenvalue weighted by atomic mass is 14.9. The molecule has 34 heavy (non-hydrogen) atoms. The molecule has 1 aliphatic carbocycles. The van der Waals surface area contributed by atoms with E-state index in [-0.39, 0.29) is 5.41 Å². The summed E-state index contributed by atoms with van der Waals surface area (Å²) in [6.45, 7) is 7.14. The van der Waals surface area contributed by atoms with Crippen molar-refractivity contribution in [1.29, 1.82) is 0 Å². The molecule has 1 aliphatic rings. The first kappa shape index (κ1) is 20.0. The van der Waals surface area contributed by atoms with Gasteiger partial charge in [-0.3, -0.25) is 0 Å². The highest BCUT2D eigenvalue weighted by Gasteiger charge is 2.45. The van der Waals surface area contributed by atoms with Crippen molar-refractivity contribution in [3.05, 3.63) is 161 Å². The van der Waals surface area contributed by atoms with Crippen LogP contribution >= 0.6 is 0 Å². The van der Waals surface area contributed by atoms with E-state index in [2.05, 4.69) is 113 Å². The van der Waals surface area contributed by atoms with Crippen LogP contribution in [-0.2, 0) is 5.41 Å². The summed E-state index contributed by atoms with van der Waals surface area (Å²) in [5.74, 6) is 0. The number of nitrogens with one attached hydrogen (secondary N) is 1. The Hall–Kier alpha value is -4.61. The lowest BCUT2D eigenvalue weighted by atomic mass is 9.68. The van der Waals surface area contributed by atoms with E-state index in [4.69, 9.17) is 6.57 Å². The van der Waals surface area contributed by atoms with Crippen molar-refractivity contribution in [3.8, 4) is 11.1 Å². The topological polar surface area (TPSA) is 16.4 Å². The summed E-state index contributed by atoms with van der Waals surface area (Å²) in [4.78, 5) is 3.47. The van der Waals surface area contributed by atoms with Crippen molar-refractivity contribution in [1.82, 2.24) is 0 Å². The molecule has 5 aromatic rings. The molecule has 6 rings (SSSR count). The second-order valence-corrected chi connectivity index (χ2v) is 8.57. The van der Waals surface area contributed by atoms with Gasteiger partial charge < -0.3 is 5.32 Å². The molecule has 0 aliphatic heterocycles. The van der Waals surface area contributed by atoms with Gasteiger partial charge in [-0.1, -0.05) is 103 Å². The zero-order valence-corrected chi connectivity index (χ0v) is 18.6. The van der Waals surface area contributed by atoms with Gasteiger partial charge in [0.05, 0.1) is 12.0 Å². The number of rotatable bonds is 4. The summed E-state index contributed by atoms with van der Waals surface area (Å²) in [5.41, 5.74) is 9.99. The molecule has 0 spiro atoms. The van der Waals surface area contributed by atoms with E-state index in [1.807, 2.05) is 24.3 Å². The van der Waals surface area contributed by atoms with Gasteiger partial charge in [0.1, 0.15) is 0 Å². The van der Waals surface area contributed by atoms with Crippen molar-refractivity contribution in [2.45, 2.75) is 5.41 Å². The second kappa shape index (κ2) is 8.06. The van der Waals surface area contributed by atoms with E-state index in [1.54, 1.807) is 0 Å². The predicted molar refractivity (Wildman–Crippen MR) is 140 cm³/mol. The third kappa shape index (κ3) is 3.03. The van der Waals surface area contributed by atoms with Gasteiger partial charge in [-0.05, 0) is 57.6 Å². The maximum Gasteiger partial charge on any atom is 0.187 e. The average molecular weight is 435 g/mol. The van der Waals surface area contributed by atoms with Crippen LogP contribution in [-0.4, -0.2) is 0 Å². The monoisotopic (exact) mass is 434 g/mol. The Labute approximate surface area is 200 Å². The molecule has 0 saturated carbocycles.